The molecule has 0 heterocycles. The second-order valence-corrected chi connectivity index (χ2v) is 6.03. The van der Waals surface area contributed by atoms with Gasteiger partial charge in [0.15, 0.2) is 0 Å². The molecule has 1 nitrogen and oxygen atoms in total. The largest absolute Gasteiger partial charge is 0.298 e. The lowest BCUT2D eigenvalue weighted by molar-refractivity contribution is -0.116. The molecule has 0 fully saturated rings. The van der Waals surface area contributed by atoms with Crippen molar-refractivity contribution in [2.24, 2.45) is 0 Å². The van der Waals surface area contributed by atoms with E-state index in [4.69, 9.17) is 23.2 Å². The van der Waals surface area contributed by atoms with Crippen molar-refractivity contribution >= 4 is 40.7 Å². The highest BCUT2D eigenvalue weighted by molar-refractivity contribution is 8.00. The van der Waals surface area contributed by atoms with Gasteiger partial charge in [-0.05, 0) is 29.8 Å². The minimum absolute atomic E-state index is 0.0560. The van der Waals surface area contributed by atoms with E-state index in [0.29, 0.717) is 15.6 Å². The van der Waals surface area contributed by atoms with Crippen LogP contribution in [0, 0.1) is 5.82 Å². The summed E-state index contributed by atoms with van der Waals surface area (Å²) in [6.45, 7) is 0. The Morgan fingerprint density at radius 1 is 1.15 bits per heavy atom. The molecule has 2 rings (SSSR count). The number of halogens is 3. The van der Waals surface area contributed by atoms with Gasteiger partial charge < -0.3 is 0 Å². The van der Waals surface area contributed by atoms with Crippen LogP contribution in [0.3, 0.4) is 0 Å². The molecule has 2 aromatic rings. The normalized spacial score (nSPS) is 10.6. The van der Waals surface area contributed by atoms with Crippen molar-refractivity contribution in [2.75, 3.05) is 5.75 Å². The van der Waals surface area contributed by atoms with Crippen LogP contribution in [0.2, 0.25) is 10.0 Å². The number of hydrogen-bond donors (Lipinski definition) is 0. The van der Waals surface area contributed by atoms with Gasteiger partial charge in [0, 0.05) is 16.3 Å². The van der Waals surface area contributed by atoms with Crippen LogP contribution in [-0.4, -0.2) is 11.5 Å². The zero-order valence-electron chi connectivity index (χ0n) is 10.4. The number of rotatable bonds is 5. The van der Waals surface area contributed by atoms with E-state index in [1.54, 1.807) is 12.1 Å². The maximum Gasteiger partial charge on any atom is 0.147 e. The molecule has 2 aromatic carbocycles. The monoisotopic (exact) mass is 328 g/mol. The molecule has 5 heteroatoms. The van der Waals surface area contributed by atoms with E-state index >= 15 is 0 Å². The van der Waals surface area contributed by atoms with Gasteiger partial charge in [0.05, 0.1) is 10.8 Å². The molecule has 0 aliphatic carbocycles. The summed E-state index contributed by atoms with van der Waals surface area (Å²) in [5, 5.41) is 0.937. The number of hydrogen-bond acceptors (Lipinski definition) is 2. The average molecular weight is 329 g/mol. The first-order valence-corrected chi connectivity index (χ1v) is 7.63. The number of carbonyl (C=O) groups is 1. The Morgan fingerprint density at radius 3 is 2.60 bits per heavy atom. The van der Waals surface area contributed by atoms with Crippen molar-refractivity contribution in [2.45, 2.75) is 11.3 Å². The number of benzene rings is 2. The molecule has 0 amide bonds. The van der Waals surface area contributed by atoms with Crippen LogP contribution in [0.1, 0.15) is 5.56 Å². The summed E-state index contributed by atoms with van der Waals surface area (Å²) in [6, 6.07) is 11.6. The number of carbonyl (C=O) groups excluding carboxylic acids is 1. The third-order valence-electron chi connectivity index (χ3n) is 2.63. The van der Waals surface area contributed by atoms with Crippen LogP contribution >= 0.6 is 35.0 Å². The second-order valence-electron chi connectivity index (χ2n) is 4.17. The lowest BCUT2D eigenvalue weighted by Crippen LogP contribution is -2.07. The summed E-state index contributed by atoms with van der Waals surface area (Å²) in [6.07, 6.45) is 0.0560. The number of Topliss-reactive ketones (excluding diaryl/α,β-unsaturated/α-hetero) is 1. The van der Waals surface area contributed by atoms with E-state index in [9.17, 15) is 9.18 Å². The summed E-state index contributed by atoms with van der Waals surface area (Å²) in [5.74, 6) is -0.254. The molecular formula is C15H11Cl2FOS. The second kappa shape index (κ2) is 7.11. The van der Waals surface area contributed by atoms with E-state index in [1.165, 1.54) is 23.9 Å². The van der Waals surface area contributed by atoms with Crippen molar-refractivity contribution in [3.8, 4) is 0 Å². The van der Waals surface area contributed by atoms with Crippen molar-refractivity contribution < 1.29 is 9.18 Å². The van der Waals surface area contributed by atoms with Gasteiger partial charge in [-0.1, -0.05) is 41.4 Å². The molecule has 0 N–H and O–H groups in total. The third kappa shape index (κ3) is 4.23. The van der Waals surface area contributed by atoms with Gasteiger partial charge >= 0.3 is 0 Å². The Labute approximate surface area is 131 Å². The predicted octanol–water partition coefficient (Wildman–Crippen LogP) is 5.04. The zero-order valence-corrected chi connectivity index (χ0v) is 12.7. The van der Waals surface area contributed by atoms with Gasteiger partial charge in [-0.25, -0.2) is 4.39 Å². The minimum atomic E-state index is -0.450. The van der Waals surface area contributed by atoms with E-state index in [1.807, 2.05) is 18.2 Å². The van der Waals surface area contributed by atoms with Crippen LogP contribution in [0.25, 0.3) is 0 Å². The molecule has 0 saturated heterocycles. The van der Waals surface area contributed by atoms with E-state index in [2.05, 4.69) is 0 Å². The Kier molecular flexibility index (Phi) is 5.46. The number of ketones is 1. The topological polar surface area (TPSA) is 17.1 Å². The molecule has 0 radical (unpaired) electrons. The Hall–Kier alpha value is -1.03. The summed E-state index contributed by atoms with van der Waals surface area (Å²) in [4.78, 5) is 12.7. The summed E-state index contributed by atoms with van der Waals surface area (Å²) in [5.41, 5.74) is 0.360. The van der Waals surface area contributed by atoms with Crippen molar-refractivity contribution in [1.29, 1.82) is 0 Å². The SMILES string of the molecule is O=C(CSc1ccccc1Cl)Cc1ccc(Cl)cc1F. The highest BCUT2D eigenvalue weighted by atomic mass is 35.5. The van der Waals surface area contributed by atoms with Gasteiger partial charge in [0.2, 0.25) is 0 Å². The van der Waals surface area contributed by atoms with Gasteiger partial charge in [-0.2, -0.15) is 0 Å². The Morgan fingerprint density at radius 2 is 1.90 bits per heavy atom. The molecule has 0 aromatic heterocycles. The van der Waals surface area contributed by atoms with Crippen LogP contribution < -0.4 is 0 Å². The smallest absolute Gasteiger partial charge is 0.147 e. The van der Waals surface area contributed by atoms with E-state index < -0.39 is 5.82 Å². The average Bonchev–Trinajstić information content (AvgIpc) is 2.41. The summed E-state index contributed by atoms with van der Waals surface area (Å²) in [7, 11) is 0. The molecule has 0 aliphatic heterocycles. The fourth-order valence-electron chi connectivity index (χ4n) is 1.65. The molecule has 0 unspecified atom stereocenters. The third-order valence-corrected chi connectivity index (χ3v) is 4.44. The lowest BCUT2D eigenvalue weighted by Gasteiger charge is -2.05. The molecule has 20 heavy (non-hydrogen) atoms. The maximum atomic E-state index is 13.6. The van der Waals surface area contributed by atoms with Crippen molar-refractivity contribution in [1.82, 2.24) is 0 Å². The molecule has 0 atom stereocenters. The first-order chi connectivity index (χ1) is 9.56. The quantitative estimate of drug-likeness (QED) is 0.715. The molecule has 0 aliphatic rings. The fraction of sp³-hybridized carbons (Fsp3) is 0.133. The zero-order chi connectivity index (χ0) is 14.5. The van der Waals surface area contributed by atoms with Crippen LogP contribution in [0.15, 0.2) is 47.4 Å². The van der Waals surface area contributed by atoms with E-state index in [0.717, 1.165) is 4.90 Å². The van der Waals surface area contributed by atoms with Gasteiger partial charge in [0.25, 0.3) is 0 Å². The summed E-state index contributed by atoms with van der Waals surface area (Å²) >= 11 is 13.0. The standard InChI is InChI=1S/C15H11Cl2FOS/c16-11-6-5-10(14(18)8-11)7-12(19)9-20-15-4-2-1-3-13(15)17/h1-6,8H,7,9H2. The lowest BCUT2D eigenvalue weighted by atomic mass is 10.1. The van der Waals surface area contributed by atoms with Gasteiger partial charge in [0.1, 0.15) is 11.6 Å². The maximum absolute atomic E-state index is 13.6. The van der Waals surface area contributed by atoms with Crippen molar-refractivity contribution in [3.63, 3.8) is 0 Å². The highest BCUT2D eigenvalue weighted by Crippen LogP contribution is 2.26. The first kappa shape index (κ1) is 15.4. The summed E-state index contributed by atoms with van der Waals surface area (Å²) < 4.78 is 13.6. The number of thioether (sulfide) groups is 1. The Bertz CT molecular complexity index is 631. The van der Waals surface area contributed by atoms with Gasteiger partial charge in [-0.3, -0.25) is 4.79 Å². The van der Waals surface area contributed by atoms with E-state index in [-0.39, 0.29) is 18.0 Å². The van der Waals surface area contributed by atoms with Crippen LogP contribution in [0.5, 0.6) is 0 Å². The fourth-order valence-corrected chi connectivity index (χ4v) is 2.91. The minimum Gasteiger partial charge on any atom is -0.298 e. The molecule has 104 valence electrons. The van der Waals surface area contributed by atoms with Crippen LogP contribution in [0.4, 0.5) is 4.39 Å². The Balaban J connectivity index is 1.94. The molecule has 0 bridgehead atoms. The molecular weight excluding hydrogens is 318 g/mol. The first-order valence-electron chi connectivity index (χ1n) is 5.89. The predicted molar refractivity (Wildman–Crippen MR) is 82.3 cm³/mol. The van der Waals surface area contributed by atoms with Crippen LogP contribution in [-0.2, 0) is 11.2 Å². The molecule has 0 saturated carbocycles. The molecule has 0 spiro atoms. The highest BCUT2D eigenvalue weighted by Gasteiger charge is 2.10. The van der Waals surface area contributed by atoms with Crippen molar-refractivity contribution in [3.05, 3.63) is 63.9 Å². The van der Waals surface area contributed by atoms with Gasteiger partial charge in [-0.15, -0.1) is 11.8 Å².